The summed E-state index contributed by atoms with van der Waals surface area (Å²) >= 11 is 0. The Morgan fingerprint density at radius 2 is 1.86 bits per heavy atom. The summed E-state index contributed by atoms with van der Waals surface area (Å²) in [7, 11) is 0. The lowest BCUT2D eigenvalue weighted by molar-refractivity contribution is -0.141. The smallest absolute Gasteiger partial charge is 0.258 e. The van der Waals surface area contributed by atoms with E-state index in [1.54, 1.807) is 23.2 Å². The van der Waals surface area contributed by atoms with Crippen LogP contribution in [0.5, 0.6) is 0 Å². The summed E-state index contributed by atoms with van der Waals surface area (Å²) in [5.41, 5.74) is 5.99. The molecule has 0 spiro atoms. The Bertz CT molecular complexity index is 946. The lowest BCUT2D eigenvalue weighted by Crippen LogP contribution is -2.51. The largest absolute Gasteiger partial charge is 0.368 e. The fraction of sp³-hybridized carbons (Fsp3) is 0.704. The Kier molecular flexibility index (Phi) is 8.49. The summed E-state index contributed by atoms with van der Waals surface area (Å²) < 4.78 is 6.16. The highest BCUT2D eigenvalue weighted by molar-refractivity contribution is 6.01. The number of nitrogens with two attached hydrogens (primary N) is 1. The van der Waals surface area contributed by atoms with Crippen LogP contribution in [-0.2, 0) is 14.3 Å². The summed E-state index contributed by atoms with van der Waals surface area (Å²) in [4.78, 5) is 48.0. The molecule has 3 amide bonds. The lowest BCUT2D eigenvalue weighted by Gasteiger charge is -2.38. The van der Waals surface area contributed by atoms with Crippen LogP contribution < -0.4 is 10.6 Å². The Balaban J connectivity index is 1.33. The number of piperazine rings is 1. The molecule has 4 rings (SSSR count). The van der Waals surface area contributed by atoms with Gasteiger partial charge in [0.05, 0.1) is 11.7 Å². The first kappa shape index (κ1) is 26.4. The molecule has 2 saturated heterocycles. The van der Waals surface area contributed by atoms with Gasteiger partial charge in [0.1, 0.15) is 18.5 Å². The molecule has 0 bridgehead atoms. The monoisotopic (exact) mass is 499 g/mol. The van der Waals surface area contributed by atoms with E-state index >= 15 is 0 Å². The van der Waals surface area contributed by atoms with Crippen LogP contribution in [0.1, 0.15) is 63.2 Å². The summed E-state index contributed by atoms with van der Waals surface area (Å²) in [5, 5.41) is 0. The summed E-state index contributed by atoms with van der Waals surface area (Å²) in [6.45, 7) is 9.70. The molecule has 3 heterocycles. The van der Waals surface area contributed by atoms with E-state index < -0.39 is 11.9 Å². The third-order valence-electron chi connectivity index (χ3n) is 8.16. The quantitative estimate of drug-likeness (QED) is 0.617. The van der Waals surface area contributed by atoms with Crippen LogP contribution in [0.25, 0.3) is 0 Å². The Morgan fingerprint density at radius 3 is 2.56 bits per heavy atom. The SMILES string of the molecule is CC1CCC(OCC(=O)N2CCN(c3ncccc3C(=O)N3CCCC3C(N)=O)CC2)C(C(C)C)C1. The Hall–Kier alpha value is -2.68. The molecule has 9 heteroatoms. The Morgan fingerprint density at radius 1 is 1.11 bits per heavy atom. The second-order valence-electron chi connectivity index (χ2n) is 11.0. The molecule has 198 valence electrons. The number of carbonyl (C=O) groups excluding carboxylic acids is 3. The molecule has 9 nitrogen and oxygen atoms in total. The molecule has 1 saturated carbocycles. The average Bonchev–Trinajstić information content (AvgIpc) is 3.38. The van der Waals surface area contributed by atoms with Crippen molar-refractivity contribution in [2.45, 2.75) is 65.0 Å². The minimum Gasteiger partial charge on any atom is -0.368 e. The standard InChI is InChI=1S/C27H41N5O4/c1-18(2)21-16-19(3)8-9-23(21)36-17-24(33)30-12-14-31(15-13-30)26-20(6-4-10-29-26)27(35)32-11-5-7-22(32)25(28)34/h4,6,10,18-19,21-23H,5,7-9,11-17H2,1-3H3,(H2,28,34). The van der Waals surface area contributed by atoms with E-state index in [-0.39, 0.29) is 24.5 Å². The highest BCUT2D eigenvalue weighted by Gasteiger charge is 2.36. The van der Waals surface area contributed by atoms with Crippen molar-refractivity contribution in [2.24, 2.45) is 23.5 Å². The molecule has 1 aromatic rings. The van der Waals surface area contributed by atoms with Crippen LogP contribution >= 0.6 is 0 Å². The van der Waals surface area contributed by atoms with Gasteiger partial charge < -0.3 is 25.2 Å². The molecule has 0 radical (unpaired) electrons. The number of aromatic nitrogens is 1. The third-order valence-corrected chi connectivity index (χ3v) is 8.16. The van der Waals surface area contributed by atoms with Gasteiger partial charge >= 0.3 is 0 Å². The molecule has 3 fully saturated rings. The summed E-state index contributed by atoms with van der Waals surface area (Å²) in [6, 6.07) is 2.92. The number of rotatable bonds is 7. The van der Waals surface area contributed by atoms with Crippen molar-refractivity contribution in [2.75, 3.05) is 44.2 Å². The molecular formula is C27H41N5O4. The van der Waals surface area contributed by atoms with Crippen molar-refractivity contribution in [1.82, 2.24) is 14.8 Å². The Labute approximate surface area is 214 Å². The van der Waals surface area contributed by atoms with Crippen molar-refractivity contribution in [3.63, 3.8) is 0 Å². The van der Waals surface area contributed by atoms with E-state index in [0.29, 0.717) is 62.4 Å². The van der Waals surface area contributed by atoms with Gasteiger partial charge in [0.2, 0.25) is 11.8 Å². The molecule has 3 aliphatic rings. The molecule has 1 aromatic heterocycles. The molecule has 2 aliphatic heterocycles. The van der Waals surface area contributed by atoms with E-state index in [4.69, 9.17) is 10.5 Å². The molecule has 4 unspecified atom stereocenters. The van der Waals surface area contributed by atoms with Crippen molar-refractivity contribution in [3.8, 4) is 0 Å². The molecule has 1 aliphatic carbocycles. The first-order valence-electron chi connectivity index (χ1n) is 13.5. The number of pyridine rings is 1. The van der Waals surface area contributed by atoms with Crippen LogP contribution in [0.2, 0.25) is 0 Å². The molecule has 4 atom stereocenters. The predicted octanol–water partition coefficient (Wildman–Crippen LogP) is 2.30. The van der Waals surface area contributed by atoms with Crippen molar-refractivity contribution >= 4 is 23.5 Å². The zero-order valence-corrected chi connectivity index (χ0v) is 21.9. The summed E-state index contributed by atoms with van der Waals surface area (Å²) in [5.74, 6) is 1.70. The van der Waals surface area contributed by atoms with Crippen LogP contribution in [-0.4, -0.2) is 84.0 Å². The van der Waals surface area contributed by atoms with Crippen LogP contribution in [0.15, 0.2) is 18.3 Å². The normalized spacial score (nSPS) is 26.9. The number of anilines is 1. The first-order valence-corrected chi connectivity index (χ1v) is 13.5. The van der Waals surface area contributed by atoms with Crippen molar-refractivity contribution in [3.05, 3.63) is 23.9 Å². The summed E-state index contributed by atoms with van der Waals surface area (Å²) in [6.07, 6.45) is 6.52. The number of likely N-dealkylation sites (tertiary alicyclic amines) is 1. The molecule has 2 N–H and O–H groups in total. The van der Waals surface area contributed by atoms with Crippen molar-refractivity contribution in [1.29, 1.82) is 0 Å². The van der Waals surface area contributed by atoms with Crippen LogP contribution in [0.4, 0.5) is 5.82 Å². The topological polar surface area (TPSA) is 109 Å². The second kappa shape index (κ2) is 11.6. The van der Waals surface area contributed by atoms with Gasteiger partial charge in [0, 0.05) is 38.9 Å². The maximum Gasteiger partial charge on any atom is 0.258 e. The zero-order valence-electron chi connectivity index (χ0n) is 21.9. The van der Waals surface area contributed by atoms with Crippen LogP contribution in [0.3, 0.4) is 0 Å². The number of amides is 3. The van der Waals surface area contributed by atoms with E-state index in [0.717, 1.165) is 31.6 Å². The highest BCUT2D eigenvalue weighted by atomic mass is 16.5. The van der Waals surface area contributed by atoms with Crippen LogP contribution in [0, 0.1) is 17.8 Å². The average molecular weight is 500 g/mol. The minimum atomic E-state index is -0.567. The highest BCUT2D eigenvalue weighted by Crippen LogP contribution is 2.35. The van der Waals surface area contributed by atoms with Gasteiger partial charge in [0.15, 0.2) is 0 Å². The van der Waals surface area contributed by atoms with Gasteiger partial charge in [-0.3, -0.25) is 14.4 Å². The number of hydrogen-bond donors (Lipinski definition) is 1. The zero-order chi connectivity index (χ0) is 25.8. The fourth-order valence-corrected chi connectivity index (χ4v) is 6.02. The van der Waals surface area contributed by atoms with Gasteiger partial charge in [-0.2, -0.15) is 0 Å². The van der Waals surface area contributed by atoms with Gasteiger partial charge in [-0.25, -0.2) is 4.98 Å². The number of hydrogen-bond acceptors (Lipinski definition) is 6. The minimum absolute atomic E-state index is 0.0227. The molecule has 0 aromatic carbocycles. The van der Waals surface area contributed by atoms with E-state index in [1.165, 1.54) is 0 Å². The lowest BCUT2D eigenvalue weighted by atomic mass is 9.75. The van der Waals surface area contributed by atoms with Crippen molar-refractivity contribution < 1.29 is 19.1 Å². The molecule has 36 heavy (non-hydrogen) atoms. The van der Waals surface area contributed by atoms with Gasteiger partial charge in [-0.05, 0) is 62.0 Å². The second-order valence-corrected chi connectivity index (χ2v) is 11.0. The third kappa shape index (κ3) is 5.82. The predicted molar refractivity (Wildman–Crippen MR) is 137 cm³/mol. The molecular weight excluding hydrogens is 458 g/mol. The van der Waals surface area contributed by atoms with Gasteiger partial charge in [0.25, 0.3) is 5.91 Å². The fourth-order valence-electron chi connectivity index (χ4n) is 6.02. The number of primary amides is 1. The van der Waals surface area contributed by atoms with E-state index in [2.05, 4.69) is 25.8 Å². The maximum absolute atomic E-state index is 13.3. The number of carbonyl (C=O) groups is 3. The van der Waals surface area contributed by atoms with Gasteiger partial charge in [-0.15, -0.1) is 0 Å². The number of ether oxygens (including phenoxy) is 1. The van der Waals surface area contributed by atoms with Gasteiger partial charge in [-0.1, -0.05) is 20.8 Å². The number of nitrogens with zero attached hydrogens (tertiary/aromatic N) is 4. The maximum atomic E-state index is 13.3. The van der Waals surface area contributed by atoms with E-state index in [1.807, 2.05) is 9.80 Å². The van der Waals surface area contributed by atoms with E-state index in [9.17, 15) is 14.4 Å². The first-order chi connectivity index (χ1) is 17.3.